The SMILES string of the molecule is CC(C)(C)OC1CC(N2CCC(Oc3cncc(Cl)c3)CC2)C1. The molecule has 128 valence electrons. The third kappa shape index (κ3) is 4.82. The number of nitrogens with zero attached hydrogens (tertiary/aromatic N) is 2. The van der Waals surface area contributed by atoms with E-state index in [4.69, 9.17) is 21.1 Å². The summed E-state index contributed by atoms with van der Waals surface area (Å²) in [6.07, 6.45) is 8.53. The molecule has 1 saturated carbocycles. The third-order valence-electron chi connectivity index (χ3n) is 4.57. The fourth-order valence-electron chi connectivity index (χ4n) is 3.44. The minimum Gasteiger partial charge on any atom is -0.489 e. The Morgan fingerprint density at radius 2 is 1.83 bits per heavy atom. The van der Waals surface area contributed by atoms with Crippen LogP contribution in [0.2, 0.25) is 5.02 Å². The van der Waals surface area contributed by atoms with Crippen molar-refractivity contribution in [3.05, 3.63) is 23.5 Å². The van der Waals surface area contributed by atoms with Crippen LogP contribution < -0.4 is 4.74 Å². The first kappa shape index (κ1) is 17.0. The molecule has 0 bridgehead atoms. The monoisotopic (exact) mass is 338 g/mol. The van der Waals surface area contributed by atoms with Gasteiger partial charge in [0.15, 0.2) is 0 Å². The lowest BCUT2D eigenvalue weighted by atomic mass is 9.86. The average Bonchev–Trinajstić information content (AvgIpc) is 2.43. The molecule has 3 rings (SSSR count). The lowest BCUT2D eigenvalue weighted by molar-refractivity contribution is -0.123. The summed E-state index contributed by atoms with van der Waals surface area (Å²) in [5.41, 5.74) is -0.0263. The van der Waals surface area contributed by atoms with Gasteiger partial charge in [0.2, 0.25) is 0 Å². The van der Waals surface area contributed by atoms with E-state index in [1.165, 1.54) is 12.8 Å². The molecular weight excluding hydrogens is 312 g/mol. The van der Waals surface area contributed by atoms with Crippen LogP contribution in [-0.4, -0.2) is 46.8 Å². The number of hydrogen-bond donors (Lipinski definition) is 0. The Bertz CT molecular complexity index is 518. The molecule has 0 spiro atoms. The minimum atomic E-state index is -0.0263. The van der Waals surface area contributed by atoms with Crippen LogP contribution in [0.15, 0.2) is 18.5 Å². The predicted molar refractivity (Wildman–Crippen MR) is 92.1 cm³/mol. The Labute approximate surface area is 144 Å². The van der Waals surface area contributed by atoms with Gasteiger partial charge in [-0.3, -0.25) is 9.88 Å². The van der Waals surface area contributed by atoms with Gasteiger partial charge in [-0.05, 0) is 46.5 Å². The van der Waals surface area contributed by atoms with Gasteiger partial charge in [-0.25, -0.2) is 0 Å². The Balaban J connectivity index is 1.40. The number of aromatic nitrogens is 1. The molecule has 0 radical (unpaired) electrons. The van der Waals surface area contributed by atoms with Crippen LogP contribution >= 0.6 is 11.6 Å². The van der Waals surface area contributed by atoms with Crippen LogP contribution in [0.3, 0.4) is 0 Å². The van der Waals surface area contributed by atoms with Crippen LogP contribution in [-0.2, 0) is 4.74 Å². The van der Waals surface area contributed by atoms with E-state index in [-0.39, 0.29) is 11.7 Å². The van der Waals surface area contributed by atoms with Crippen LogP contribution in [0.5, 0.6) is 5.75 Å². The molecule has 1 saturated heterocycles. The van der Waals surface area contributed by atoms with Crippen molar-refractivity contribution in [2.45, 2.75) is 70.3 Å². The zero-order chi connectivity index (χ0) is 16.4. The maximum Gasteiger partial charge on any atom is 0.139 e. The first-order valence-corrected chi connectivity index (χ1v) is 8.96. The normalized spacial score (nSPS) is 26.8. The molecule has 2 heterocycles. The van der Waals surface area contributed by atoms with Crippen LogP contribution in [0.1, 0.15) is 46.5 Å². The van der Waals surface area contributed by atoms with E-state index in [1.807, 2.05) is 6.07 Å². The number of likely N-dealkylation sites (tertiary alicyclic amines) is 1. The summed E-state index contributed by atoms with van der Waals surface area (Å²) in [6.45, 7) is 8.60. The molecule has 0 unspecified atom stereocenters. The number of hydrogen-bond acceptors (Lipinski definition) is 4. The van der Waals surface area contributed by atoms with Crippen molar-refractivity contribution in [2.24, 2.45) is 0 Å². The molecular formula is C18H27ClN2O2. The van der Waals surface area contributed by atoms with E-state index in [1.54, 1.807) is 12.4 Å². The molecule has 1 aliphatic carbocycles. The standard InChI is InChI=1S/C18H27ClN2O2/c1-18(2,3)23-16-9-14(10-16)21-6-4-15(5-7-21)22-17-8-13(19)11-20-12-17/h8,11-12,14-16H,4-7,9-10H2,1-3H3. The Hall–Kier alpha value is -0.840. The molecule has 0 aromatic carbocycles. The topological polar surface area (TPSA) is 34.6 Å². The predicted octanol–water partition coefficient (Wildman–Crippen LogP) is 3.92. The lowest BCUT2D eigenvalue weighted by Gasteiger charge is -2.47. The van der Waals surface area contributed by atoms with E-state index >= 15 is 0 Å². The summed E-state index contributed by atoms with van der Waals surface area (Å²) in [7, 11) is 0. The van der Waals surface area contributed by atoms with Gasteiger partial charge in [0.25, 0.3) is 0 Å². The number of piperidine rings is 1. The van der Waals surface area contributed by atoms with Gasteiger partial charge < -0.3 is 9.47 Å². The van der Waals surface area contributed by atoms with Gasteiger partial charge >= 0.3 is 0 Å². The zero-order valence-electron chi connectivity index (χ0n) is 14.3. The van der Waals surface area contributed by atoms with Crippen molar-refractivity contribution in [1.82, 2.24) is 9.88 Å². The summed E-state index contributed by atoms with van der Waals surface area (Å²) in [5, 5.41) is 0.624. The quantitative estimate of drug-likeness (QED) is 0.833. The van der Waals surface area contributed by atoms with Gasteiger partial charge in [0, 0.05) is 31.4 Å². The first-order valence-electron chi connectivity index (χ1n) is 8.58. The summed E-state index contributed by atoms with van der Waals surface area (Å²) in [4.78, 5) is 6.67. The van der Waals surface area contributed by atoms with Gasteiger partial charge in [-0.2, -0.15) is 0 Å². The lowest BCUT2D eigenvalue weighted by Crippen LogP contribution is -2.53. The molecule has 1 aromatic heterocycles. The Morgan fingerprint density at radius 1 is 1.13 bits per heavy atom. The Morgan fingerprint density at radius 3 is 2.43 bits per heavy atom. The highest BCUT2D eigenvalue weighted by molar-refractivity contribution is 6.30. The van der Waals surface area contributed by atoms with Crippen LogP contribution in [0.4, 0.5) is 0 Å². The molecule has 1 aliphatic heterocycles. The fraction of sp³-hybridized carbons (Fsp3) is 0.722. The Kier molecular flexibility index (Phi) is 5.14. The maximum atomic E-state index is 6.04. The van der Waals surface area contributed by atoms with Crippen molar-refractivity contribution < 1.29 is 9.47 Å². The molecule has 5 heteroatoms. The van der Waals surface area contributed by atoms with Gasteiger partial charge in [-0.15, -0.1) is 0 Å². The van der Waals surface area contributed by atoms with Crippen LogP contribution in [0.25, 0.3) is 0 Å². The third-order valence-corrected chi connectivity index (χ3v) is 4.77. The van der Waals surface area contributed by atoms with Crippen LogP contribution in [0, 0.1) is 0 Å². The second-order valence-corrected chi connectivity index (χ2v) is 8.11. The van der Waals surface area contributed by atoms with Crippen molar-refractivity contribution in [1.29, 1.82) is 0 Å². The largest absolute Gasteiger partial charge is 0.489 e. The van der Waals surface area contributed by atoms with Gasteiger partial charge in [0.05, 0.1) is 22.9 Å². The molecule has 2 fully saturated rings. The zero-order valence-corrected chi connectivity index (χ0v) is 15.1. The molecule has 1 aromatic rings. The molecule has 0 N–H and O–H groups in total. The summed E-state index contributed by atoms with van der Waals surface area (Å²) in [6, 6.07) is 2.53. The van der Waals surface area contributed by atoms with E-state index in [2.05, 4.69) is 30.7 Å². The number of rotatable bonds is 4. The maximum absolute atomic E-state index is 6.04. The molecule has 0 amide bonds. The summed E-state index contributed by atoms with van der Waals surface area (Å²) < 4.78 is 12.0. The first-order chi connectivity index (χ1) is 10.9. The van der Waals surface area contributed by atoms with Crippen molar-refractivity contribution >= 4 is 11.6 Å². The number of halogens is 1. The van der Waals surface area contributed by atoms with E-state index in [0.29, 0.717) is 17.2 Å². The van der Waals surface area contributed by atoms with Crippen molar-refractivity contribution in [3.8, 4) is 5.75 Å². The number of ether oxygens (including phenoxy) is 2. The smallest absolute Gasteiger partial charge is 0.139 e. The highest BCUT2D eigenvalue weighted by Crippen LogP contribution is 2.33. The number of pyridine rings is 1. The van der Waals surface area contributed by atoms with Gasteiger partial charge in [0.1, 0.15) is 11.9 Å². The highest BCUT2D eigenvalue weighted by atomic mass is 35.5. The van der Waals surface area contributed by atoms with Crippen molar-refractivity contribution in [2.75, 3.05) is 13.1 Å². The molecule has 2 aliphatic rings. The average molecular weight is 339 g/mol. The fourth-order valence-corrected chi connectivity index (χ4v) is 3.60. The van der Waals surface area contributed by atoms with Gasteiger partial charge in [-0.1, -0.05) is 11.6 Å². The minimum absolute atomic E-state index is 0.0263. The molecule has 0 atom stereocenters. The van der Waals surface area contributed by atoms with E-state index in [0.717, 1.165) is 31.7 Å². The molecule has 23 heavy (non-hydrogen) atoms. The summed E-state index contributed by atoms with van der Waals surface area (Å²) >= 11 is 5.95. The second kappa shape index (κ2) is 6.96. The second-order valence-electron chi connectivity index (χ2n) is 7.67. The molecule has 4 nitrogen and oxygen atoms in total. The van der Waals surface area contributed by atoms with E-state index in [9.17, 15) is 0 Å². The van der Waals surface area contributed by atoms with E-state index < -0.39 is 0 Å². The highest BCUT2D eigenvalue weighted by Gasteiger charge is 2.37. The summed E-state index contributed by atoms with van der Waals surface area (Å²) in [5.74, 6) is 0.776. The van der Waals surface area contributed by atoms with Crippen molar-refractivity contribution in [3.63, 3.8) is 0 Å².